The van der Waals surface area contributed by atoms with Crippen molar-refractivity contribution in [3.8, 4) is 6.07 Å². The fourth-order valence-electron chi connectivity index (χ4n) is 2.72. The molecule has 1 aliphatic heterocycles. The molecule has 0 saturated carbocycles. The van der Waals surface area contributed by atoms with Crippen LogP contribution in [0.3, 0.4) is 0 Å². The fraction of sp³-hybridized carbons (Fsp3) is 0.444. The minimum atomic E-state index is -0.248. The van der Waals surface area contributed by atoms with Crippen molar-refractivity contribution in [2.45, 2.75) is 32.1 Å². The number of aliphatic hydroxyl groups excluding tert-OH is 1. The van der Waals surface area contributed by atoms with E-state index in [4.69, 9.17) is 5.11 Å². The molecule has 0 aliphatic carbocycles. The highest BCUT2D eigenvalue weighted by atomic mass is 16.2. The highest BCUT2D eigenvalue weighted by molar-refractivity contribution is 6.08. The van der Waals surface area contributed by atoms with Gasteiger partial charge in [0.15, 0.2) is 0 Å². The number of amides is 1. The number of nitriles is 1. The number of anilines is 1. The van der Waals surface area contributed by atoms with E-state index in [9.17, 15) is 10.1 Å². The van der Waals surface area contributed by atoms with Crippen molar-refractivity contribution in [1.29, 1.82) is 5.26 Å². The molecule has 122 valence electrons. The number of carbonyl (C=O) groups is 1. The Balaban J connectivity index is 1.99. The van der Waals surface area contributed by atoms with E-state index in [1.807, 2.05) is 30.3 Å². The van der Waals surface area contributed by atoms with Crippen molar-refractivity contribution >= 4 is 11.6 Å². The Morgan fingerprint density at radius 1 is 1.35 bits per heavy atom. The van der Waals surface area contributed by atoms with Crippen molar-refractivity contribution < 1.29 is 9.90 Å². The Morgan fingerprint density at radius 2 is 2.17 bits per heavy atom. The highest BCUT2D eigenvalue weighted by Gasteiger charge is 2.24. The van der Waals surface area contributed by atoms with Gasteiger partial charge >= 0.3 is 0 Å². The second-order valence-electron chi connectivity index (χ2n) is 5.60. The van der Waals surface area contributed by atoms with Crippen molar-refractivity contribution in [3.05, 3.63) is 41.6 Å². The number of hydrogen-bond acceptors (Lipinski definition) is 4. The largest absolute Gasteiger partial charge is 0.396 e. The van der Waals surface area contributed by atoms with Gasteiger partial charge in [0.2, 0.25) is 0 Å². The van der Waals surface area contributed by atoms with Crippen LogP contribution >= 0.6 is 0 Å². The van der Waals surface area contributed by atoms with Gasteiger partial charge in [-0.15, -0.1) is 0 Å². The lowest BCUT2D eigenvalue weighted by Gasteiger charge is -2.29. The van der Waals surface area contributed by atoms with E-state index in [0.717, 1.165) is 43.4 Å². The summed E-state index contributed by atoms with van der Waals surface area (Å²) in [4.78, 5) is 14.3. The third kappa shape index (κ3) is 4.57. The van der Waals surface area contributed by atoms with Crippen LogP contribution in [0.2, 0.25) is 0 Å². The number of aliphatic hydroxyl groups is 1. The Bertz CT molecular complexity index is 605. The van der Waals surface area contributed by atoms with Crippen molar-refractivity contribution in [1.82, 2.24) is 5.32 Å². The summed E-state index contributed by atoms with van der Waals surface area (Å²) in [6, 6.07) is 9.86. The fourth-order valence-corrected chi connectivity index (χ4v) is 2.72. The van der Waals surface area contributed by atoms with E-state index in [-0.39, 0.29) is 18.1 Å². The third-order valence-electron chi connectivity index (χ3n) is 3.93. The zero-order chi connectivity index (χ0) is 16.5. The van der Waals surface area contributed by atoms with Gasteiger partial charge < -0.3 is 15.3 Å². The zero-order valence-corrected chi connectivity index (χ0v) is 13.3. The Hall–Kier alpha value is -2.32. The molecule has 1 aromatic carbocycles. The molecule has 0 aromatic heterocycles. The van der Waals surface area contributed by atoms with Gasteiger partial charge in [0.05, 0.1) is 0 Å². The van der Waals surface area contributed by atoms with Gasteiger partial charge in [-0.25, -0.2) is 0 Å². The number of para-hydroxylation sites is 1. The van der Waals surface area contributed by atoms with E-state index >= 15 is 0 Å². The first-order valence-corrected chi connectivity index (χ1v) is 8.12. The number of rotatable bonds is 7. The highest BCUT2D eigenvalue weighted by Crippen LogP contribution is 2.27. The van der Waals surface area contributed by atoms with Crippen molar-refractivity contribution in [3.63, 3.8) is 0 Å². The number of carbonyl (C=O) groups excluding carboxylic acids is 1. The second kappa shape index (κ2) is 8.96. The van der Waals surface area contributed by atoms with Crippen molar-refractivity contribution in [2.75, 3.05) is 24.6 Å². The predicted octanol–water partition coefficient (Wildman–Crippen LogP) is 2.13. The quantitative estimate of drug-likeness (QED) is 0.459. The normalized spacial score (nSPS) is 14.1. The summed E-state index contributed by atoms with van der Waals surface area (Å²) in [5.41, 5.74) is 2.19. The van der Waals surface area contributed by atoms with Crippen LogP contribution < -0.4 is 10.2 Å². The summed E-state index contributed by atoms with van der Waals surface area (Å²) in [6.07, 6.45) is 5.99. The average molecular weight is 313 g/mol. The van der Waals surface area contributed by atoms with E-state index < -0.39 is 0 Å². The first kappa shape index (κ1) is 17.0. The smallest absolute Gasteiger partial charge is 0.270 e. The maximum atomic E-state index is 12.6. The zero-order valence-electron chi connectivity index (χ0n) is 13.3. The van der Waals surface area contributed by atoms with Crippen molar-refractivity contribution in [2.24, 2.45) is 0 Å². The Morgan fingerprint density at radius 3 is 2.96 bits per heavy atom. The maximum absolute atomic E-state index is 12.6. The van der Waals surface area contributed by atoms with Crippen LogP contribution in [0.4, 0.5) is 5.69 Å². The number of nitrogens with zero attached hydrogens (tertiary/aromatic N) is 2. The molecule has 2 N–H and O–H groups in total. The predicted molar refractivity (Wildman–Crippen MR) is 89.8 cm³/mol. The van der Waals surface area contributed by atoms with Crippen LogP contribution in [-0.4, -0.2) is 30.7 Å². The Kier molecular flexibility index (Phi) is 6.64. The minimum Gasteiger partial charge on any atom is -0.396 e. The monoisotopic (exact) mass is 313 g/mol. The first-order chi connectivity index (χ1) is 11.3. The molecule has 0 spiro atoms. The number of aryl methyl sites for hydroxylation is 1. The molecule has 0 bridgehead atoms. The van der Waals surface area contributed by atoms with Crippen LogP contribution in [0.1, 0.15) is 31.2 Å². The molecule has 1 aromatic rings. The maximum Gasteiger partial charge on any atom is 0.270 e. The number of hydrogen-bond donors (Lipinski definition) is 2. The van der Waals surface area contributed by atoms with Gasteiger partial charge in [0.25, 0.3) is 5.91 Å². The lowest BCUT2D eigenvalue weighted by Crippen LogP contribution is -2.36. The van der Waals surface area contributed by atoms with E-state index in [0.29, 0.717) is 13.1 Å². The summed E-state index contributed by atoms with van der Waals surface area (Å²) in [7, 11) is 0. The topological polar surface area (TPSA) is 76.4 Å². The molecule has 0 saturated heterocycles. The van der Waals surface area contributed by atoms with Gasteiger partial charge in [-0.05, 0) is 43.7 Å². The number of fused-ring (bicyclic) bond motifs is 1. The summed E-state index contributed by atoms with van der Waals surface area (Å²) in [5.74, 6) is -0.248. The van der Waals surface area contributed by atoms with Crippen LogP contribution in [0.15, 0.2) is 36.0 Å². The first-order valence-electron chi connectivity index (χ1n) is 8.12. The molecule has 23 heavy (non-hydrogen) atoms. The van der Waals surface area contributed by atoms with Gasteiger partial charge in [-0.2, -0.15) is 5.26 Å². The molecule has 0 atom stereocenters. The summed E-state index contributed by atoms with van der Waals surface area (Å²) < 4.78 is 0. The SMILES string of the molecule is N#C/C(=C/NCCCCCO)C(=O)N1CCCc2ccccc21. The van der Waals surface area contributed by atoms with E-state index in [1.165, 1.54) is 6.20 Å². The minimum absolute atomic E-state index is 0.129. The molecule has 1 heterocycles. The van der Waals surface area contributed by atoms with E-state index in [2.05, 4.69) is 5.32 Å². The summed E-state index contributed by atoms with van der Waals surface area (Å²) in [6.45, 7) is 1.53. The molecular weight excluding hydrogens is 290 g/mol. The molecule has 1 aliphatic rings. The lowest BCUT2D eigenvalue weighted by molar-refractivity contribution is -0.114. The summed E-state index contributed by atoms with van der Waals surface area (Å²) >= 11 is 0. The molecule has 0 unspecified atom stereocenters. The van der Waals surface area contributed by atoms with E-state index in [1.54, 1.807) is 4.90 Å². The Labute approximate surface area is 137 Å². The van der Waals surface area contributed by atoms with Gasteiger partial charge in [0, 0.05) is 31.6 Å². The van der Waals surface area contributed by atoms with Gasteiger partial charge in [-0.1, -0.05) is 18.2 Å². The molecule has 5 nitrogen and oxygen atoms in total. The van der Waals surface area contributed by atoms with Gasteiger partial charge in [0.1, 0.15) is 11.6 Å². The molecule has 0 fully saturated rings. The second-order valence-corrected chi connectivity index (χ2v) is 5.60. The van der Waals surface area contributed by atoms with Crippen LogP contribution in [0, 0.1) is 11.3 Å². The molecular formula is C18H23N3O2. The van der Waals surface area contributed by atoms with Crippen LogP contribution in [0.25, 0.3) is 0 Å². The molecule has 2 rings (SSSR count). The lowest BCUT2D eigenvalue weighted by atomic mass is 10.0. The number of unbranched alkanes of at least 4 members (excludes halogenated alkanes) is 2. The van der Waals surface area contributed by atoms with Gasteiger partial charge in [-0.3, -0.25) is 4.79 Å². The molecule has 5 heteroatoms. The standard InChI is InChI=1S/C18H23N3O2/c19-13-16(14-20-10-4-1-5-12-22)18(23)21-11-6-8-15-7-2-3-9-17(15)21/h2-3,7,9,14,20,22H,1,4-6,8,10-12H2/b16-14-. The third-order valence-corrected chi connectivity index (χ3v) is 3.93. The number of benzene rings is 1. The average Bonchev–Trinajstić information content (AvgIpc) is 2.60. The summed E-state index contributed by atoms with van der Waals surface area (Å²) in [5, 5.41) is 21.0. The molecule has 1 amide bonds. The van der Waals surface area contributed by atoms with Crippen LogP contribution in [-0.2, 0) is 11.2 Å². The van der Waals surface area contributed by atoms with Crippen LogP contribution in [0.5, 0.6) is 0 Å². The number of nitrogens with one attached hydrogen (secondary N) is 1. The molecule has 0 radical (unpaired) electrons.